The first-order chi connectivity index (χ1) is 14.4. The molecule has 0 radical (unpaired) electrons. The van der Waals surface area contributed by atoms with Gasteiger partial charge >= 0.3 is 0 Å². The molecule has 1 amide bonds. The quantitative estimate of drug-likeness (QED) is 0.324. The molecule has 0 aliphatic carbocycles. The van der Waals surface area contributed by atoms with Crippen LogP contribution in [0.2, 0.25) is 0 Å². The molecule has 0 bridgehead atoms. The number of benzene rings is 3. The Balaban J connectivity index is 1.81. The zero-order chi connectivity index (χ0) is 21.3. The molecular weight excluding hydrogens is 376 g/mol. The molecule has 0 aromatic heterocycles. The Labute approximate surface area is 174 Å². The van der Waals surface area contributed by atoms with Crippen molar-refractivity contribution in [3.63, 3.8) is 0 Å². The van der Waals surface area contributed by atoms with Gasteiger partial charge in [0.25, 0.3) is 11.6 Å². The van der Waals surface area contributed by atoms with E-state index in [1.807, 2.05) is 68.5 Å². The van der Waals surface area contributed by atoms with Crippen LogP contribution in [-0.4, -0.2) is 10.8 Å². The fraction of sp³-hybridized carbons (Fsp3) is 0.0800. The average Bonchev–Trinajstić information content (AvgIpc) is 3.07. The zero-order valence-electron chi connectivity index (χ0n) is 16.7. The minimum atomic E-state index is -0.437. The Morgan fingerprint density at radius 3 is 2.30 bits per heavy atom. The first-order valence-corrected chi connectivity index (χ1v) is 9.59. The molecule has 3 aromatic carbocycles. The van der Waals surface area contributed by atoms with Crippen LogP contribution >= 0.6 is 0 Å². The van der Waals surface area contributed by atoms with Crippen LogP contribution in [0.1, 0.15) is 22.3 Å². The van der Waals surface area contributed by atoms with Crippen molar-refractivity contribution in [1.82, 2.24) is 0 Å². The number of non-ortho nitro benzene ring substituents is 1. The third-order valence-corrected chi connectivity index (χ3v) is 5.08. The lowest BCUT2D eigenvalue weighted by Crippen LogP contribution is -2.25. The molecule has 0 atom stereocenters. The minimum Gasteiger partial charge on any atom is -0.276 e. The van der Waals surface area contributed by atoms with Gasteiger partial charge in [-0.2, -0.15) is 0 Å². The maximum Gasteiger partial charge on any atom is 0.269 e. The summed E-state index contributed by atoms with van der Waals surface area (Å²) >= 11 is 0. The molecule has 1 aliphatic rings. The van der Waals surface area contributed by atoms with Crippen molar-refractivity contribution < 1.29 is 9.72 Å². The second-order valence-corrected chi connectivity index (χ2v) is 7.27. The minimum absolute atomic E-state index is 0.0208. The number of anilines is 1. The topological polar surface area (TPSA) is 63.5 Å². The molecule has 0 spiro atoms. The van der Waals surface area contributed by atoms with Gasteiger partial charge in [-0.05, 0) is 66.5 Å². The van der Waals surface area contributed by atoms with Crippen LogP contribution in [0.5, 0.6) is 0 Å². The Morgan fingerprint density at radius 2 is 1.63 bits per heavy atom. The van der Waals surface area contributed by atoms with Crippen LogP contribution in [0, 0.1) is 24.0 Å². The van der Waals surface area contributed by atoms with E-state index in [9.17, 15) is 14.9 Å². The van der Waals surface area contributed by atoms with Gasteiger partial charge in [0.1, 0.15) is 0 Å². The SMILES string of the molecule is Cc1ccc(C)c(N2C(=O)/C(=C/c3ccc([N+](=O)[O-])cc3)C=C2c2ccccc2)c1. The summed E-state index contributed by atoms with van der Waals surface area (Å²) in [5, 5.41) is 10.9. The summed E-state index contributed by atoms with van der Waals surface area (Å²) in [6, 6.07) is 22.0. The van der Waals surface area contributed by atoms with Crippen molar-refractivity contribution in [1.29, 1.82) is 0 Å². The van der Waals surface area contributed by atoms with E-state index in [2.05, 4.69) is 0 Å². The summed E-state index contributed by atoms with van der Waals surface area (Å²) in [5.74, 6) is -0.124. The maximum absolute atomic E-state index is 13.4. The molecule has 1 heterocycles. The molecule has 4 rings (SSSR count). The van der Waals surface area contributed by atoms with Gasteiger partial charge in [0.15, 0.2) is 0 Å². The molecule has 0 saturated heterocycles. The van der Waals surface area contributed by atoms with Crippen LogP contribution in [0.3, 0.4) is 0 Å². The lowest BCUT2D eigenvalue weighted by atomic mass is 10.1. The summed E-state index contributed by atoms with van der Waals surface area (Å²) in [7, 11) is 0. The normalized spacial score (nSPS) is 14.9. The van der Waals surface area contributed by atoms with E-state index < -0.39 is 4.92 Å². The molecular formula is C25H20N2O3. The average molecular weight is 396 g/mol. The van der Waals surface area contributed by atoms with Crippen LogP contribution in [0.4, 0.5) is 11.4 Å². The molecule has 30 heavy (non-hydrogen) atoms. The van der Waals surface area contributed by atoms with E-state index in [-0.39, 0.29) is 11.6 Å². The van der Waals surface area contributed by atoms with Crippen LogP contribution < -0.4 is 4.90 Å². The molecule has 0 fully saturated rings. The summed E-state index contributed by atoms with van der Waals surface area (Å²) in [6.45, 7) is 3.99. The van der Waals surface area contributed by atoms with Gasteiger partial charge in [0, 0.05) is 17.7 Å². The van der Waals surface area contributed by atoms with Crippen molar-refractivity contribution in [3.05, 3.63) is 117 Å². The number of hydrogen-bond donors (Lipinski definition) is 0. The van der Waals surface area contributed by atoms with Gasteiger partial charge in [0.2, 0.25) is 0 Å². The number of nitrogens with zero attached hydrogens (tertiary/aromatic N) is 2. The summed E-state index contributed by atoms with van der Waals surface area (Å²) in [6.07, 6.45) is 3.64. The smallest absolute Gasteiger partial charge is 0.269 e. The van der Waals surface area contributed by atoms with Crippen LogP contribution in [0.15, 0.2) is 84.4 Å². The Bertz CT molecular complexity index is 1190. The summed E-state index contributed by atoms with van der Waals surface area (Å²) in [4.78, 5) is 25.6. The number of amides is 1. The second-order valence-electron chi connectivity index (χ2n) is 7.27. The van der Waals surface area contributed by atoms with Gasteiger partial charge in [-0.25, -0.2) is 0 Å². The molecule has 148 valence electrons. The van der Waals surface area contributed by atoms with Crippen molar-refractivity contribution >= 4 is 29.1 Å². The van der Waals surface area contributed by atoms with Crippen LogP contribution in [-0.2, 0) is 4.79 Å². The Kier molecular flexibility index (Phi) is 5.02. The highest BCUT2D eigenvalue weighted by Crippen LogP contribution is 2.37. The maximum atomic E-state index is 13.4. The molecule has 5 heteroatoms. The van der Waals surface area contributed by atoms with E-state index in [0.717, 1.165) is 33.6 Å². The van der Waals surface area contributed by atoms with E-state index in [1.54, 1.807) is 23.1 Å². The standard InChI is InChI=1S/C25H20N2O3/c1-17-8-9-18(2)23(14-17)26-24(20-6-4-3-5-7-20)16-21(25(26)28)15-19-10-12-22(13-11-19)27(29)30/h3-16H,1-2H3/b21-15+. The number of hydrogen-bond acceptors (Lipinski definition) is 3. The van der Waals surface area contributed by atoms with Gasteiger partial charge in [0.05, 0.1) is 16.3 Å². The number of nitro benzene ring substituents is 1. The Hall–Kier alpha value is -3.99. The Morgan fingerprint density at radius 1 is 0.933 bits per heavy atom. The molecule has 0 unspecified atom stereocenters. The predicted octanol–water partition coefficient (Wildman–Crippen LogP) is 5.68. The van der Waals surface area contributed by atoms with Crippen molar-refractivity contribution in [2.24, 2.45) is 0 Å². The van der Waals surface area contributed by atoms with Gasteiger partial charge in [-0.15, -0.1) is 0 Å². The van der Waals surface area contributed by atoms with E-state index in [4.69, 9.17) is 0 Å². The predicted molar refractivity (Wildman–Crippen MR) is 119 cm³/mol. The largest absolute Gasteiger partial charge is 0.276 e. The first kappa shape index (κ1) is 19.3. The third kappa shape index (κ3) is 3.65. The van der Waals surface area contributed by atoms with E-state index in [0.29, 0.717) is 5.57 Å². The number of nitro groups is 1. The fourth-order valence-electron chi connectivity index (χ4n) is 3.51. The molecule has 5 nitrogen and oxygen atoms in total. The molecule has 0 saturated carbocycles. The zero-order valence-corrected chi connectivity index (χ0v) is 16.7. The highest BCUT2D eigenvalue weighted by atomic mass is 16.6. The second kappa shape index (κ2) is 7.79. The molecule has 3 aromatic rings. The first-order valence-electron chi connectivity index (χ1n) is 9.59. The van der Waals surface area contributed by atoms with Gasteiger partial charge < -0.3 is 0 Å². The molecule has 1 aliphatic heterocycles. The summed E-state index contributed by atoms with van der Waals surface area (Å²) in [5.41, 5.74) is 5.96. The number of rotatable bonds is 4. The summed E-state index contributed by atoms with van der Waals surface area (Å²) < 4.78 is 0. The van der Waals surface area contributed by atoms with Crippen molar-refractivity contribution in [2.45, 2.75) is 13.8 Å². The van der Waals surface area contributed by atoms with E-state index in [1.165, 1.54) is 12.1 Å². The number of aryl methyl sites for hydroxylation is 2. The fourth-order valence-corrected chi connectivity index (χ4v) is 3.51. The lowest BCUT2D eigenvalue weighted by Gasteiger charge is -2.23. The van der Waals surface area contributed by atoms with E-state index >= 15 is 0 Å². The highest BCUT2D eigenvalue weighted by molar-refractivity contribution is 6.23. The van der Waals surface area contributed by atoms with Gasteiger partial charge in [-0.1, -0.05) is 42.5 Å². The molecule has 0 N–H and O–H groups in total. The van der Waals surface area contributed by atoms with Crippen molar-refractivity contribution in [2.75, 3.05) is 4.90 Å². The lowest BCUT2D eigenvalue weighted by molar-refractivity contribution is -0.384. The van der Waals surface area contributed by atoms with Crippen LogP contribution in [0.25, 0.3) is 11.8 Å². The monoisotopic (exact) mass is 396 g/mol. The number of carbonyl (C=O) groups excluding carboxylic acids is 1. The van der Waals surface area contributed by atoms with Gasteiger partial charge in [-0.3, -0.25) is 19.8 Å². The highest BCUT2D eigenvalue weighted by Gasteiger charge is 2.31. The number of carbonyl (C=O) groups is 1. The third-order valence-electron chi connectivity index (χ3n) is 5.08. The van der Waals surface area contributed by atoms with Crippen molar-refractivity contribution in [3.8, 4) is 0 Å².